The maximum Gasteiger partial charge on any atom is 0.243 e. The Bertz CT molecular complexity index is 878. The van der Waals surface area contributed by atoms with Gasteiger partial charge in [-0.25, -0.2) is 12.8 Å². The number of rotatable bonds is 5. The minimum absolute atomic E-state index is 0.112. The number of piperazine rings is 1. The van der Waals surface area contributed by atoms with E-state index in [1.165, 1.54) is 40.7 Å². The van der Waals surface area contributed by atoms with Gasteiger partial charge in [-0.3, -0.25) is 9.69 Å². The van der Waals surface area contributed by atoms with E-state index in [4.69, 9.17) is 11.6 Å². The Kier molecular flexibility index (Phi) is 5.72. The summed E-state index contributed by atoms with van der Waals surface area (Å²) in [6.45, 7) is 1.71. The number of ketones is 1. The van der Waals surface area contributed by atoms with Crippen LogP contribution < -0.4 is 0 Å². The van der Waals surface area contributed by atoms with Gasteiger partial charge in [-0.2, -0.15) is 4.31 Å². The lowest BCUT2D eigenvalue weighted by Gasteiger charge is -2.33. The summed E-state index contributed by atoms with van der Waals surface area (Å²) in [5, 5.41) is 0.480. The molecule has 0 radical (unpaired) electrons. The summed E-state index contributed by atoms with van der Waals surface area (Å²) in [5.74, 6) is -0.499. The lowest BCUT2D eigenvalue weighted by atomic mass is 10.1. The lowest BCUT2D eigenvalue weighted by Crippen LogP contribution is -2.49. The molecule has 1 aliphatic heterocycles. The fraction of sp³-hybridized carbons (Fsp3) is 0.278. The van der Waals surface area contributed by atoms with E-state index >= 15 is 0 Å². The molecule has 0 amide bonds. The van der Waals surface area contributed by atoms with Gasteiger partial charge in [0.15, 0.2) is 5.78 Å². The second-order valence-corrected chi connectivity index (χ2v) is 8.44. The van der Waals surface area contributed by atoms with Gasteiger partial charge in [-0.1, -0.05) is 11.6 Å². The first-order valence-electron chi connectivity index (χ1n) is 8.13. The van der Waals surface area contributed by atoms with Crippen LogP contribution in [0.2, 0.25) is 5.02 Å². The molecule has 138 valence electrons. The van der Waals surface area contributed by atoms with Crippen LogP contribution in [-0.4, -0.2) is 56.1 Å². The Morgan fingerprint density at radius 3 is 2.12 bits per heavy atom. The van der Waals surface area contributed by atoms with E-state index in [0.717, 1.165) is 0 Å². The molecule has 2 aromatic carbocycles. The predicted octanol–water partition coefficient (Wildman–Crippen LogP) is 2.67. The van der Waals surface area contributed by atoms with Crippen molar-refractivity contribution in [2.45, 2.75) is 4.90 Å². The van der Waals surface area contributed by atoms with Gasteiger partial charge in [0.05, 0.1) is 11.4 Å². The highest BCUT2D eigenvalue weighted by molar-refractivity contribution is 7.89. The van der Waals surface area contributed by atoms with Crippen molar-refractivity contribution in [2.75, 3.05) is 32.7 Å². The van der Waals surface area contributed by atoms with Crippen LogP contribution in [0.4, 0.5) is 4.39 Å². The molecule has 0 saturated carbocycles. The van der Waals surface area contributed by atoms with E-state index in [2.05, 4.69) is 0 Å². The number of hydrogen-bond acceptors (Lipinski definition) is 4. The third-order valence-electron chi connectivity index (χ3n) is 4.32. The molecule has 1 saturated heterocycles. The van der Waals surface area contributed by atoms with Crippen LogP contribution in [0.1, 0.15) is 10.4 Å². The van der Waals surface area contributed by atoms with Crippen molar-refractivity contribution in [2.24, 2.45) is 0 Å². The molecule has 0 aromatic heterocycles. The quantitative estimate of drug-likeness (QED) is 0.729. The van der Waals surface area contributed by atoms with Gasteiger partial charge in [-0.15, -0.1) is 0 Å². The predicted molar refractivity (Wildman–Crippen MR) is 97.4 cm³/mol. The first-order valence-corrected chi connectivity index (χ1v) is 9.95. The third-order valence-corrected chi connectivity index (χ3v) is 6.48. The van der Waals surface area contributed by atoms with Crippen molar-refractivity contribution in [3.63, 3.8) is 0 Å². The Balaban J connectivity index is 1.59. The number of nitrogens with zero attached hydrogens (tertiary/aromatic N) is 2. The van der Waals surface area contributed by atoms with E-state index in [1.54, 1.807) is 12.1 Å². The molecule has 5 nitrogen and oxygen atoms in total. The maximum atomic E-state index is 12.9. The molecule has 8 heteroatoms. The van der Waals surface area contributed by atoms with Gasteiger partial charge < -0.3 is 0 Å². The molecule has 0 aliphatic carbocycles. The summed E-state index contributed by atoms with van der Waals surface area (Å²) in [7, 11) is -3.57. The molecule has 1 heterocycles. The Labute approximate surface area is 157 Å². The largest absolute Gasteiger partial charge is 0.293 e. The lowest BCUT2D eigenvalue weighted by molar-refractivity contribution is 0.0901. The highest BCUT2D eigenvalue weighted by atomic mass is 35.5. The maximum absolute atomic E-state index is 12.9. The van der Waals surface area contributed by atoms with Crippen LogP contribution >= 0.6 is 11.6 Å². The number of benzene rings is 2. The van der Waals surface area contributed by atoms with Crippen molar-refractivity contribution < 1.29 is 17.6 Å². The summed E-state index contributed by atoms with van der Waals surface area (Å²) in [6.07, 6.45) is 0. The molecule has 2 aromatic rings. The molecule has 26 heavy (non-hydrogen) atoms. The highest BCUT2D eigenvalue weighted by Gasteiger charge is 2.29. The molecule has 1 fully saturated rings. The Hall–Kier alpha value is -1.80. The molecule has 0 atom stereocenters. The third kappa shape index (κ3) is 4.29. The Morgan fingerprint density at radius 1 is 0.962 bits per heavy atom. The summed E-state index contributed by atoms with van der Waals surface area (Å²) >= 11 is 5.81. The normalized spacial score (nSPS) is 16.5. The molecular formula is C18H18ClFN2O3S. The molecule has 0 N–H and O–H groups in total. The van der Waals surface area contributed by atoms with Crippen molar-refractivity contribution in [3.8, 4) is 0 Å². The van der Waals surface area contributed by atoms with Gasteiger partial charge in [0.2, 0.25) is 10.0 Å². The van der Waals surface area contributed by atoms with Gasteiger partial charge in [-0.05, 0) is 48.5 Å². The van der Waals surface area contributed by atoms with Crippen molar-refractivity contribution in [3.05, 3.63) is 64.9 Å². The zero-order chi connectivity index (χ0) is 18.7. The zero-order valence-corrected chi connectivity index (χ0v) is 15.5. The van der Waals surface area contributed by atoms with Crippen LogP contribution in [0.5, 0.6) is 0 Å². The van der Waals surface area contributed by atoms with E-state index in [9.17, 15) is 17.6 Å². The SMILES string of the molecule is O=C(CN1CCN(S(=O)(=O)c2ccc(Cl)cc2)CC1)c1ccc(F)cc1. The zero-order valence-electron chi connectivity index (χ0n) is 13.9. The second kappa shape index (κ2) is 7.84. The highest BCUT2D eigenvalue weighted by Crippen LogP contribution is 2.20. The summed E-state index contributed by atoms with van der Waals surface area (Å²) in [6, 6.07) is 11.5. The Morgan fingerprint density at radius 2 is 1.54 bits per heavy atom. The van der Waals surface area contributed by atoms with Gasteiger partial charge in [0, 0.05) is 36.8 Å². The minimum atomic E-state index is -3.57. The summed E-state index contributed by atoms with van der Waals surface area (Å²) in [5.41, 5.74) is 0.447. The fourth-order valence-corrected chi connectivity index (χ4v) is 4.36. The molecule has 0 spiro atoms. The molecule has 3 rings (SSSR count). The minimum Gasteiger partial charge on any atom is -0.293 e. The topological polar surface area (TPSA) is 57.7 Å². The summed E-state index contributed by atoms with van der Waals surface area (Å²) in [4.78, 5) is 14.4. The van der Waals surface area contributed by atoms with E-state index in [1.807, 2.05) is 4.90 Å². The number of carbonyl (C=O) groups is 1. The van der Waals surface area contributed by atoms with Crippen LogP contribution in [0, 0.1) is 5.82 Å². The van der Waals surface area contributed by atoms with E-state index < -0.39 is 10.0 Å². The van der Waals surface area contributed by atoms with E-state index in [-0.39, 0.29) is 23.0 Å². The number of sulfonamides is 1. The first-order chi connectivity index (χ1) is 12.4. The van der Waals surface area contributed by atoms with Crippen LogP contribution in [0.3, 0.4) is 0 Å². The van der Waals surface area contributed by atoms with Crippen LogP contribution in [0.15, 0.2) is 53.4 Å². The van der Waals surface area contributed by atoms with E-state index in [0.29, 0.717) is 36.8 Å². The number of Topliss-reactive ketones (excluding diaryl/α,β-unsaturated/α-hetero) is 1. The standard InChI is InChI=1S/C18H18ClFN2O3S/c19-15-3-7-17(8-4-15)26(24,25)22-11-9-21(10-12-22)13-18(23)14-1-5-16(20)6-2-14/h1-8H,9-13H2. The number of halogens is 2. The van der Waals surface area contributed by atoms with Gasteiger partial charge in [0.1, 0.15) is 5.82 Å². The van der Waals surface area contributed by atoms with Crippen molar-refractivity contribution in [1.29, 1.82) is 0 Å². The molecular weight excluding hydrogens is 379 g/mol. The summed E-state index contributed by atoms with van der Waals surface area (Å²) < 4.78 is 39.6. The van der Waals surface area contributed by atoms with Crippen LogP contribution in [0.25, 0.3) is 0 Å². The number of carbonyl (C=O) groups excluding carboxylic acids is 1. The monoisotopic (exact) mass is 396 g/mol. The molecule has 1 aliphatic rings. The average Bonchev–Trinajstić information content (AvgIpc) is 2.63. The van der Waals surface area contributed by atoms with Gasteiger partial charge in [0.25, 0.3) is 0 Å². The molecule has 0 bridgehead atoms. The fourth-order valence-electron chi connectivity index (χ4n) is 2.81. The average molecular weight is 397 g/mol. The smallest absolute Gasteiger partial charge is 0.243 e. The second-order valence-electron chi connectivity index (χ2n) is 6.06. The first kappa shape index (κ1) is 19.0. The van der Waals surface area contributed by atoms with Crippen LogP contribution in [-0.2, 0) is 10.0 Å². The molecule has 0 unspecified atom stereocenters. The van der Waals surface area contributed by atoms with Crippen molar-refractivity contribution in [1.82, 2.24) is 9.21 Å². The number of hydrogen-bond donors (Lipinski definition) is 0. The van der Waals surface area contributed by atoms with Crippen molar-refractivity contribution >= 4 is 27.4 Å². The van der Waals surface area contributed by atoms with Gasteiger partial charge >= 0.3 is 0 Å².